The van der Waals surface area contributed by atoms with Gasteiger partial charge < -0.3 is 9.52 Å². The molecule has 2 aromatic carbocycles. The van der Waals surface area contributed by atoms with Crippen molar-refractivity contribution in [1.29, 1.82) is 0 Å². The van der Waals surface area contributed by atoms with E-state index in [1.165, 1.54) is 19.1 Å². The Balaban J connectivity index is 2.00. The van der Waals surface area contributed by atoms with Crippen LogP contribution in [0.5, 0.6) is 5.75 Å². The molecule has 4 nitrogen and oxygen atoms in total. The lowest BCUT2D eigenvalue weighted by Crippen LogP contribution is -2.12. The molecule has 3 rings (SSSR count). The van der Waals surface area contributed by atoms with Crippen molar-refractivity contribution in [3.63, 3.8) is 0 Å². The topological polar surface area (TPSA) is 67.5 Å². The van der Waals surface area contributed by atoms with Gasteiger partial charge in [0, 0.05) is 6.07 Å². The minimum atomic E-state index is -0.838. The van der Waals surface area contributed by atoms with Gasteiger partial charge in [-0.05, 0) is 29.3 Å². The van der Waals surface area contributed by atoms with E-state index in [1.54, 1.807) is 6.08 Å². The minimum absolute atomic E-state index is 0.252. The molecule has 3 aromatic rings. The van der Waals surface area contributed by atoms with E-state index in [-0.39, 0.29) is 17.1 Å². The Morgan fingerprint density at radius 2 is 1.87 bits per heavy atom. The summed E-state index contributed by atoms with van der Waals surface area (Å²) in [6.45, 7) is 1.53. The van der Waals surface area contributed by atoms with Crippen LogP contribution in [0.15, 0.2) is 63.8 Å². The summed E-state index contributed by atoms with van der Waals surface area (Å²) < 4.78 is 4.86. The van der Waals surface area contributed by atoms with Crippen LogP contribution in [-0.2, 0) is 0 Å². The van der Waals surface area contributed by atoms with Crippen molar-refractivity contribution in [3.8, 4) is 5.75 Å². The Morgan fingerprint density at radius 3 is 2.65 bits per heavy atom. The second kappa shape index (κ2) is 5.93. The molecule has 0 aliphatic carbocycles. The highest BCUT2D eigenvalue weighted by atomic mass is 16.4. The summed E-state index contributed by atoms with van der Waals surface area (Å²) in [5.74, 6) is -0.711. The van der Waals surface area contributed by atoms with Crippen LogP contribution in [0.1, 0.15) is 21.7 Å². The Bertz CT molecular complexity index is 975. The summed E-state index contributed by atoms with van der Waals surface area (Å²) in [7, 11) is 0. The Hall–Kier alpha value is -3.14. The molecule has 0 fully saturated rings. The molecule has 4 heteroatoms. The lowest BCUT2D eigenvalue weighted by atomic mass is 10.0. The molecule has 0 saturated heterocycles. The fraction of sp³-hybridized carbons (Fsp3) is 0.0526. The molecule has 0 saturated carbocycles. The summed E-state index contributed by atoms with van der Waals surface area (Å²) in [6.07, 6.45) is 2.90. The molecular formula is C19H14O4. The third kappa shape index (κ3) is 2.92. The predicted molar refractivity (Wildman–Crippen MR) is 88.7 cm³/mol. The number of carbonyl (C=O) groups is 1. The number of hydrogen-bond donors (Lipinski definition) is 1. The van der Waals surface area contributed by atoms with Gasteiger partial charge in [-0.3, -0.25) is 4.79 Å². The molecule has 1 N–H and O–H groups in total. The SMILES string of the molecule is Cc1cc(O)c(C(=O)/C=C/c2cccc3ccccc23)c(=O)o1. The smallest absolute Gasteiger partial charge is 0.351 e. The molecule has 0 amide bonds. The Morgan fingerprint density at radius 1 is 1.13 bits per heavy atom. The molecule has 0 atom stereocenters. The number of hydrogen-bond acceptors (Lipinski definition) is 4. The molecule has 0 aliphatic rings. The van der Waals surface area contributed by atoms with Crippen LogP contribution in [-0.4, -0.2) is 10.9 Å². The zero-order valence-electron chi connectivity index (χ0n) is 12.4. The fourth-order valence-corrected chi connectivity index (χ4v) is 2.47. The Kier molecular flexibility index (Phi) is 3.81. The van der Waals surface area contributed by atoms with Gasteiger partial charge in [0.05, 0.1) is 0 Å². The van der Waals surface area contributed by atoms with Crippen LogP contribution in [0.3, 0.4) is 0 Å². The van der Waals surface area contributed by atoms with Crippen LogP contribution < -0.4 is 5.63 Å². The first-order valence-electron chi connectivity index (χ1n) is 7.10. The maximum atomic E-state index is 12.2. The van der Waals surface area contributed by atoms with Crippen LogP contribution in [0.25, 0.3) is 16.8 Å². The molecule has 0 aliphatic heterocycles. The quantitative estimate of drug-likeness (QED) is 0.592. The number of carbonyl (C=O) groups excluding carboxylic acids is 1. The number of allylic oxidation sites excluding steroid dienone is 1. The normalized spacial score (nSPS) is 11.2. The monoisotopic (exact) mass is 306 g/mol. The lowest BCUT2D eigenvalue weighted by molar-refractivity contribution is 0.104. The summed E-state index contributed by atoms with van der Waals surface area (Å²) in [4.78, 5) is 23.9. The largest absolute Gasteiger partial charge is 0.507 e. The minimum Gasteiger partial charge on any atom is -0.507 e. The van der Waals surface area contributed by atoms with E-state index < -0.39 is 11.4 Å². The van der Waals surface area contributed by atoms with Crippen molar-refractivity contribution in [1.82, 2.24) is 0 Å². The maximum Gasteiger partial charge on any atom is 0.351 e. The van der Waals surface area contributed by atoms with Crippen LogP contribution in [0.4, 0.5) is 0 Å². The van der Waals surface area contributed by atoms with Gasteiger partial charge in [-0.25, -0.2) is 4.79 Å². The fourth-order valence-electron chi connectivity index (χ4n) is 2.47. The highest BCUT2D eigenvalue weighted by Crippen LogP contribution is 2.20. The van der Waals surface area contributed by atoms with E-state index in [4.69, 9.17) is 4.42 Å². The van der Waals surface area contributed by atoms with E-state index >= 15 is 0 Å². The second-order valence-electron chi connectivity index (χ2n) is 5.17. The highest BCUT2D eigenvalue weighted by molar-refractivity contribution is 6.09. The number of aryl methyl sites for hydroxylation is 1. The summed E-state index contributed by atoms with van der Waals surface area (Å²) >= 11 is 0. The summed E-state index contributed by atoms with van der Waals surface area (Å²) in [5.41, 5.74) is -0.338. The number of fused-ring (bicyclic) bond motifs is 1. The van der Waals surface area contributed by atoms with Gasteiger partial charge in [-0.15, -0.1) is 0 Å². The van der Waals surface area contributed by atoms with Crippen molar-refractivity contribution in [2.75, 3.05) is 0 Å². The maximum absolute atomic E-state index is 12.2. The van der Waals surface area contributed by atoms with E-state index in [0.29, 0.717) is 0 Å². The molecular weight excluding hydrogens is 292 g/mol. The van der Waals surface area contributed by atoms with E-state index in [9.17, 15) is 14.7 Å². The average molecular weight is 306 g/mol. The number of aromatic hydroxyl groups is 1. The third-order valence-corrected chi connectivity index (χ3v) is 3.54. The van der Waals surface area contributed by atoms with Gasteiger partial charge in [-0.2, -0.15) is 0 Å². The van der Waals surface area contributed by atoms with Crippen LogP contribution >= 0.6 is 0 Å². The van der Waals surface area contributed by atoms with Gasteiger partial charge in [0.15, 0.2) is 5.78 Å². The van der Waals surface area contributed by atoms with E-state index in [2.05, 4.69) is 0 Å². The molecule has 1 aromatic heterocycles. The zero-order valence-corrected chi connectivity index (χ0v) is 12.4. The summed E-state index contributed by atoms with van der Waals surface area (Å²) in [6, 6.07) is 14.8. The second-order valence-corrected chi connectivity index (χ2v) is 5.17. The lowest BCUT2D eigenvalue weighted by Gasteiger charge is -2.02. The average Bonchev–Trinajstić information content (AvgIpc) is 2.52. The van der Waals surface area contributed by atoms with Crippen molar-refractivity contribution in [3.05, 3.63) is 81.9 Å². The van der Waals surface area contributed by atoms with Gasteiger partial charge in [0.25, 0.3) is 0 Å². The van der Waals surface area contributed by atoms with Crippen molar-refractivity contribution in [2.24, 2.45) is 0 Å². The molecule has 23 heavy (non-hydrogen) atoms. The van der Waals surface area contributed by atoms with Crippen LogP contribution in [0.2, 0.25) is 0 Å². The molecule has 0 spiro atoms. The van der Waals surface area contributed by atoms with Crippen molar-refractivity contribution in [2.45, 2.75) is 6.92 Å². The molecule has 0 bridgehead atoms. The van der Waals surface area contributed by atoms with E-state index in [0.717, 1.165) is 16.3 Å². The van der Waals surface area contributed by atoms with Crippen molar-refractivity contribution < 1.29 is 14.3 Å². The molecule has 114 valence electrons. The van der Waals surface area contributed by atoms with Gasteiger partial charge >= 0.3 is 5.63 Å². The van der Waals surface area contributed by atoms with Gasteiger partial charge in [0.1, 0.15) is 17.1 Å². The van der Waals surface area contributed by atoms with Gasteiger partial charge in [-0.1, -0.05) is 48.5 Å². The first-order chi connectivity index (χ1) is 11.1. The number of ketones is 1. The molecule has 0 unspecified atom stereocenters. The Labute approximate surface area is 132 Å². The molecule has 0 radical (unpaired) electrons. The van der Waals surface area contributed by atoms with Crippen LogP contribution in [0, 0.1) is 6.92 Å². The zero-order chi connectivity index (χ0) is 16.4. The first kappa shape index (κ1) is 14.8. The van der Waals surface area contributed by atoms with E-state index in [1.807, 2.05) is 42.5 Å². The van der Waals surface area contributed by atoms with Crippen molar-refractivity contribution >= 4 is 22.6 Å². The number of rotatable bonds is 3. The predicted octanol–water partition coefficient (Wildman–Crippen LogP) is 3.70. The molecule has 1 heterocycles. The highest BCUT2D eigenvalue weighted by Gasteiger charge is 2.15. The third-order valence-electron chi connectivity index (χ3n) is 3.54. The summed E-state index contributed by atoms with van der Waals surface area (Å²) in [5, 5.41) is 11.9. The number of benzene rings is 2. The first-order valence-corrected chi connectivity index (χ1v) is 7.10. The standard InChI is InChI=1S/C19H14O4/c1-12-11-17(21)18(19(22)23-12)16(20)10-9-14-7-4-6-13-5-2-3-8-15(13)14/h2-11,21H,1H3/b10-9+. The van der Waals surface area contributed by atoms with Gasteiger partial charge in [0.2, 0.25) is 0 Å².